The monoisotopic (exact) mass is 1510 g/mol. The zero-order valence-electron chi connectivity index (χ0n) is 76.6. The van der Waals surface area contributed by atoms with Gasteiger partial charge in [0, 0.05) is 110 Å². The molecule has 0 radical (unpaired) electrons. The van der Waals surface area contributed by atoms with Crippen molar-refractivity contribution >= 4 is 0 Å². The number of nitrogens with one attached hydrogen (secondary N) is 2. The number of aryl methyl sites for hydroxylation is 5. The van der Waals surface area contributed by atoms with E-state index in [1.54, 1.807) is 0 Å². The Morgan fingerprint density at radius 3 is 0.615 bits per heavy atom. The van der Waals surface area contributed by atoms with Crippen molar-refractivity contribution in [3.63, 3.8) is 0 Å². The van der Waals surface area contributed by atoms with Gasteiger partial charge in [-0.3, -0.25) is 23.4 Å². The second-order valence-electron chi connectivity index (χ2n) is 42.2. The predicted molar refractivity (Wildman–Crippen MR) is 464 cm³/mol. The van der Waals surface area contributed by atoms with E-state index in [1.807, 2.05) is 23.4 Å². The Morgan fingerprint density at radius 2 is 0.413 bits per heavy atom. The number of hydrogen-bond donors (Lipinski definition) is 2. The molecule has 0 saturated heterocycles. The molecule has 0 fully saturated rings. The van der Waals surface area contributed by atoms with Crippen molar-refractivity contribution in [1.29, 1.82) is 0 Å². The summed E-state index contributed by atoms with van der Waals surface area (Å²) in [6.45, 7) is 73.3. The molecule has 0 aliphatic heterocycles. The van der Waals surface area contributed by atoms with E-state index in [-0.39, 0.29) is 54.4 Å². The normalized spacial score (nSPS) is 12.4. The van der Waals surface area contributed by atoms with E-state index in [9.17, 15) is 0 Å². The number of hydrogen-bond acceptors (Lipinski definition) is 12. The first-order valence-corrected chi connectivity index (χ1v) is 42.7. The van der Waals surface area contributed by atoms with Crippen molar-refractivity contribution in [2.45, 2.75) is 438 Å². The summed E-state index contributed by atoms with van der Waals surface area (Å²) in [5, 5.41) is 49.5. The molecule has 0 aliphatic carbocycles. The lowest BCUT2D eigenvalue weighted by molar-refractivity contribution is 0.405. The highest BCUT2D eigenvalue weighted by atomic mass is 15.4. The Kier molecular flexibility index (Phi) is 47.5. The van der Waals surface area contributed by atoms with Gasteiger partial charge in [0.15, 0.2) is 0 Å². The van der Waals surface area contributed by atoms with Crippen LogP contribution in [0.1, 0.15) is 390 Å². The number of rotatable bonds is 38. The van der Waals surface area contributed by atoms with Gasteiger partial charge in [0.2, 0.25) is 0 Å². The van der Waals surface area contributed by atoms with Gasteiger partial charge < -0.3 is 10.6 Å². The summed E-state index contributed by atoms with van der Waals surface area (Å²) in [6, 6.07) is 0. The Bertz CT molecular complexity index is 3300. The molecule has 5 aromatic heterocycles. The minimum Gasteiger partial charge on any atom is -0.312 e. The van der Waals surface area contributed by atoms with Crippen LogP contribution < -0.4 is 10.6 Å². The average Bonchev–Trinajstić information content (AvgIpc) is 1.79. The van der Waals surface area contributed by atoms with Gasteiger partial charge in [0.25, 0.3) is 0 Å². The van der Waals surface area contributed by atoms with Crippen LogP contribution in [0.3, 0.4) is 0 Å². The molecule has 109 heavy (non-hydrogen) atoms. The molecular formula is C92H169N17. The zero-order chi connectivity index (χ0) is 82.5. The molecule has 2 N–H and O–H groups in total. The molecule has 0 amide bonds. The van der Waals surface area contributed by atoms with Gasteiger partial charge in [-0.15, -0.1) is 43.3 Å². The van der Waals surface area contributed by atoms with Gasteiger partial charge in [0.1, 0.15) is 0 Å². The number of aromatic nitrogens is 15. The zero-order valence-corrected chi connectivity index (χ0v) is 76.6. The molecule has 0 aliphatic rings. The summed E-state index contributed by atoms with van der Waals surface area (Å²) in [6.07, 6.45) is 44.7. The third-order valence-corrected chi connectivity index (χ3v) is 16.4. The van der Waals surface area contributed by atoms with E-state index in [0.29, 0.717) is 0 Å². The smallest absolute Gasteiger partial charge is 0.0832 e. The minimum atomic E-state index is 0.119. The van der Waals surface area contributed by atoms with E-state index >= 15 is 0 Å². The third-order valence-electron chi connectivity index (χ3n) is 16.4. The molecule has 0 spiro atoms. The van der Waals surface area contributed by atoms with Crippen LogP contribution in [0.25, 0.3) is 0 Å². The SMILES string of the molecule is CC(C)(C)C#CCCCCCCn1cc(CC(C)(C)C)nn1.CC(C)(C)C#CCCCCCn1cc(CC(C)(C)C)nn1.CC(C)(C)C#CCCCCn1cc(CC(C)(C)C)nn1.CC(C)(C)Cc1cn(CCCCCCCCCCNC(C)(C)C)nn1.CC(C)(C)Cc1cn(CCCCCCNC(C)(C)C)nn1. The molecule has 0 unspecified atom stereocenters. The van der Waals surface area contributed by atoms with Crippen molar-refractivity contribution in [1.82, 2.24) is 85.6 Å². The highest BCUT2D eigenvalue weighted by Gasteiger charge is 2.19. The lowest BCUT2D eigenvalue weighted by atomic mass is 9.91. The Hall–Kier alpha value is -5.70. The molecule has 0 aromatic carbocycles. The van der Waals surface area contributed by atoms with Gasteiger partial charge in [-0.05, 0) is 240 Å². The summed E-state index contributed by atoms with van der Waals surface area (Å²) >= 11 is 0. The summed E-state index contributed by atoms with van der Waals surface area (Å²) in [5.41, 5.74) is 7.77. The molecule has 5 rings (SSSR count). The molecule has 622 valence electrons. The highest BCUT2D eigenvalue weighted by molar-refractivity contribution is 5.09. The van der Waals surface area contributed by atoms with Crippen LogP contribution >= 0.6 is 0 Å². The maximum Gasteiger partial charge on any atom is 0.0832 e. The minimum absolute atomic E-state index is 0.119. The van der Waals surface area contributed by atoms with Crippen LogP contribution in [-0.2, 0) is 64.8 Å². The standard InChI is InChI=1S/C21H42N4.C19H33N3.C18H31N3.C17H34N4.C17H29N3/c1-20(2,3)17-19-18-25(24-23-19)16-14-12-10-8-7-9-11-13-15-22-21(4,5)6;1-18(2,3)13-11-9-7-8-10-12-14-22-16-17(20-21-22)15-19(4,5)6;1-17(2,3)12-10-8-7-9-11-13-21-15-16(19-20-21)14-18(4,5)6;1-16(2,3)13-15-14-21(20-19-15)12-10-8-7-9-11-18-17(4,5)6;1-16(2,3)11-9-7-8-10-12-20-14-15(18-19-20)13-17(4,5)6/h18,22H,7-17H2,1-6H3;16H,7-10,12,14-15H2,1-6H3;15H,7-9,11,13-14H2,1-6H3;14,18H,7-13H2,1-6H3;14H,7-8,10,12-13H2,1-6H3. The molecule has 5 aromatic rings. The summed E-state index contributed by atoms with van der Waals surface area (Å²) in [5.74, 6) is 19.6. The van der Waals surface area contributed by atoms with Gasteiger partial charge >= 0.3 is 0 Å². The lowest BCUT2D eigenvalue weighted by Crippen LogP contribution is -2.36. The van der Waals surface area contributed by atoms with E-state index in [2.05, 4.69) is 336 Å². The van der Waals surface area contributed by atoms with Crippen molar-refractivity contribution in [2.24, 2.45) is 43.3 Å². The van der Waals surface area contributed by atoms with E-state index < -0.39 is 0 Å². The molecule has 0 atom stereocenters. The quantitative estimate of drug-likeness (QED) is 0.0283. The Morgan fingerprint density at radius 1 is 0.239 bits per heavy atom. The number of unbranched alkanes of at least 4 members (excludes halogenated alkanes) is 19. The van der Waals surface area contributed by atoms with Crippen LogP contribution in [0.15, 0.2) is 31.0 Å². The van der Waals surface area contributed by atoms with E-state index in [4.69, 9.17) is 0 Å². The first kappa shape index (κ1) is 101. The van der Waals surface area contributed by atoms with Crippen LogP contribution in [0, 0.1) is 78.8 Å². The molecule has 17 heteroatoms. The largest absolute Gasteiger partial charge is 0.312 e. The molecule has 17 nitrogen and oxygen atoms in total. The van der Waals surface area contributed by atoms with Crippen molar-refractivity contribution < 1.29 is 0 Å². The third kappa shape index (κ3) is 67.7. The fraction of sp³-hybridized carbons (Fsp3) is 0.826. The second-order valence-corrected chi connectivity index (χ2v) is 42.2. The van der Waals surface area contributed by atoms with Crippen LogP contribution in [0.4, 0.5) is 0 Å². The molecule has 0 saturated carbocycles. The molecule has 5 heterocycles. The van der Waals surface area contributed by atoms with Gasteiger partial charge in [-0.1, -0.05) is 218 Å². The first-order valence-electron chi connectivity index (χ1n) is 42.7. The summed E-state index contributed by atoms with van der Waals surface area (Å²) in [7, 11) is 0. The maximum atomic E-state index is 4.29. The highest BCUT2D eigenvalue weighted by Crippen LogP contribution is 2.24. The average molecular weight is 1510 g/mol. The predicted octanol–water partition coefficient (Wildman–Crippen LogP) is 22.6. The second kappa shape index (κ2) is 51.1. The lowest BCUT2D eigenvalue weighted by Gasteiger charge is -2.20. The van der Waals surface area contributed by atoms with Crippen LogP contribution in [0.2, 0.25) is 0 Å². The van der Waals surface area contributed by atoms with E-state index in [1.165, 1.54) is 116 Å². The topological polar surface area (TPSA) is 178 Å². The van der Waals surface area contributed by atoms with Gasteiger partial charge in [-0.2, -0.15) is 0 Å². The van der Waals surface area contributed by atoms with Crippen molar-refractivity contribution in [2.75, 3.05) is 13.1 Å². The summed E-state index contributed by atoms with van der Waals surface area (Å²) in [4.78, 5) is 0. The number of nitrogens with zero attached hydrogens (tertiary/aromatic N) is 15. The van der Waals surface area contributed by atoms with E-state index in [0.717, 1.165) is 145 Å². The van der Waals surface area contributed by atoms with Crippen LogP contribution in [0.5, 0.6) is 0 Å². The van der Waals surface area contributed by atoms with Gasteiger partial charge in [-0.25, -0.2) is 0 Å². The fourth-order valence-electron chi connectivity index (χ4n) is 11.5. The van der Waals surface area contributed by atoms with Crippen LogP contribution in [-0.4, -0.2) is 99.1 Å². The Labute approximate surface area is 671 Å². The van der Waals surface area contributed by atoms with Crippen molar-refractivity contribution in [3.05, 3.63) is 59.5 Å². The first-order chi connectivity index (χ1) is 50.3. The molecule has 0 bridgehead atoms. The maximum absolute atomic E-state index is 4.29. The van der Waals surface area contributed by atoms with Gasteiger partial charge in [0.05, 0.1) is 28.5 Å². The Balaban J connectivity index is 0.000000683. The molecular weight excluding hydrogens is 1340 g/mol. The summed E-state index contributed by atoms with van der Waals surface area (Å²) < 4.78 is 9.93. The fourth-order valence-corrected chi connectivity index (χ4v) is 11.5. The van der Waals surface area contributed by atoms with Crippen molar-refractivity contribution in [3.8, 4) is 35.5 Å².